The van der Waals surface area contributed by atoms with Gasteiger partial charge in [-0.1, -0.05) is 26.0 Å². The van der Waals surface area contributed by atoms with Crippen molar-refractivity contribution in [2.24, 2.45) is 5.73 Å². The Labute approximate surface area is 115 Å². The molecule has 0 saturated heterocycles. The standard InChI is InChI=1S/C15H25FN2O/c1-3-14(4-2)18(7-8-19)11-12-5-6-15(16)13(9-12)10-17/h5-6,9,14,19H,3-4,7-8,10-11,17H2,1-2H3. The van der Waals surface area contributed by atoms with Gasteiger partial charge in [0, 0.05) is 31.2 Å². The number of benzene rings is 1. The van der Waals surface area contributed by atoms with Gasteiger partial charge in [0.15, 0.2) is 0 Å². The van der Waals surface area contributed by atoms with Gasteiger partial charge in [0.05, 0.1) is 6.61 Å². The molecule has 0 saturated carbocycles. The number of hydrogen-bond acceptors (Lipinski definition) is 3. The number of aliphatic hydroxyl groups excluding tert-OH is 1. The molecule has 0 heterocycles. The van der Waals surface area contributed by atoms with Crippen molar-refractivity contribution in [3.05, 3.63) is 35.1 Å². The van der Waals surface area contributed by atoms with Crippen LogP contribution in [0.15, 0.2) is 18.2 Å². The minimum atomic E-state index is -0.248. The zero-order valence-electron chi connectivity index (χ0n) is 11.9. The molecule has 4 heteroatoms. The smallest absolute Gasteiger partial charge is 0.127 e. The molecule has 1 aromatic carbocycles. The van der Waals surface area contributed by atoms with Gasteiger partial charge < -0.3 is 10.8 Å². The normalized spacial score (nSPS) is 11.5. The van der Waals surface area contributed by atoms with Crippen molar-refractivity contribution in [1.82, 2.24) is 4.90 Å². The van der Waals surface area contributed by atoms with E-state index in [0.29, 0.717) is 18.2 Å². The first-order valence-electron chi connectivity index (χ1n) is 6.98. The van der Waals surface area contributed by atoms with Gasteiger partial charge in [0.25, 0.3) is 0 Å². The number of nitrogens with zero attached hydrogens (tertiary/aromatic N) is 1. The Kier molecular flexibility index (Phi) is 6.99. The second-order valence-electron chi connectivity index (χ2n) is 4.79. The first kappa shape index (κ1) is 16.1. The van der Waals surface area contributed by atoms with Crippen molar-refractivity contribution in [2.45, 2.75) is 45.8 Å². The fraction of sp³-hybridized carbons (Fsp3) is 0.600. The Balaban J connectivity index is 2.83. The maximum atomic E-state index is 13.4. The molecule has 0 aliphatic heterocycles. The summed E-state index contributed by atoms with van der Waals surface area (Å²) in [6.45, 7) is 6.01. The Hall–Kier alpha value is -0.970. The van der Waals surface area contributed by atoms with Gasteiger partial charge in [-0.05, 0) is 24.5 Å². The Morgan fingerprint density at radius 2 is 2.00 bits per heavy atom. The number of nitrogens with two attached hydrogens (primary N) is 1. The summed E-state index contributed by atoms with van der Waals surface area (Å²) in [6, 6.07) is 5.53. The molecule has 0 fully saturated rings. The largest absolute Gasteiger partial charge is 0.395 e. The van der Waals surface area contributed by atoms with Gasteiger partial charge >= 0.3 is 0 Å². The SMILES string of the molecule is CCC(CC)N(CCO)Cc1ccc(F)c(CN)c1. The molecule has 108 valence electrons. The third-order valence-electron chi connectivity index (χ3n) is 3.56. The summed E-state index contributed by atoms with van der Waals surface area (Å²) in [7, 11) is 0. The van der Waals surface area contributed by atoms with E-state index in [0.717, 1.165) is 24.9 Å². The number of hydrogen-bond donors (Lipinski definition) is 2. The van der Waals surface area contributed by atoms with Crippen LogP contribution in [0.25, 0.3) is 0 Å². The maximum Gasteiger partial charge on any atom is 0.127 e. The van der Waals surface area contributed by atoms with Gasteiger partial charge in [0.1, 0.15) is 5.82 Å². The van der Waals surface area contributed by atoms with Gasteiger partial charge in [-0.3, -0.25) is 4.90 Å². The van der Waals surface area contributed by atoms with Crippen LogP contribution in [0.5, 0.6) is 0 Å². The highest BCUT2D eigenvalue weighted by molar-refractivity contribution is 5.25. The van der Waals surface area contributed by atoms with E-state index in [1.54, 1.807) is 6.07 Å². The average molecular weight is 268 g/mol. The molecule has 0 aromatic heterocycles. The third-order valence-corrected chi connectivity index (χ3v) is 3.56. The molecular weight excluding hydrogens is 243 g/mol. The topological polar surface area (TPSA) is 49.5 Å². The van der Waals surface area contributed by atoms with E-state index in [1.165, 1.54) is 6.07 Å². The predicted molar refractivity (Wildman–Crippen MR) is 76.2 cm³/mol. The predicted octanol–water partition coefficient (Wildman–Crippen LogP) is 2.27. The number of aliphatic hydroxyl groups is 1. The van der Waals surface area contributed by atoms with Crippen LogP contribution >= 0.6 is 0 Å². The van der Waals surface area contributed by atoms with E-state index in [-0.39, 0.29) is 19.0 Å². The molecule has 3 nitrogen and oxygen atoms in total. The lowest BCUT2D eigenvalue weighted by Gasteiger charge is -2.30. The van der Waals surface area contributed by atoms with E-state index in [2.05, 4.69) is 18.7 Å². The Morgan fingerprint density at radius 3 is 2.53 bits per heavy atom. The fourth-order valence-corrected chi connectivity index (χ4v) is 2.44. The van der Waals surface area contributed by atoms with E-state index in [4.69, 9.17) is 5.73 Å². The summed E-state index contributed by atoms with van der Waals surface area (Å²) in [5.41, 5.74) is 7.12. The minimum absolute atomic E-state index is 0.140. The Bertz CT molecular complexity index is 380. The van der Waals surface area contributed by atoms with Crippen LogP contribution in [0.1, 0.15) is 37.8 Å². The van der Waals surface area contributed by atoms with Crippen molar-refractivity contribution in [1.29, 1.82) is 0 Å². The molecule has 1 aromatic rings. The van der Waals surface area contributed by atoms with Crippen LogP contribution in [0.2, 0.25) is 0 Å². The summed E-state index contributed by atoms with van der Waals surface area (Å²) in [4.78, 5) is 2.24. The summed E-state index contributed by atoms with van der Waals surface area (Å²) >= 11 is 0. The molecule has 0 atom stereocenters. The van der Waals surface area contributed by atoms with Crippen LogP contribution < -0.4 is 5.73 Å². The summed E-state index contributed by atoms with van der Waals surface area (Å²) in [5, 5.41) is 9.18. The number of halogens is 1. The van der Waals surface area contributed by atoms with Crippen LogP contribution in [0.3, 0.4) is 0 Å². The monoisotopic (exact) mass is 268 g/mol. The summed E-state index contributed by atoms with van der Waals surface area (Å²) < 4.78 is 13.4. The molecule has 1 rings (SSSR count). The number of rotatable bonds is 8. The van der Waals surface area contributed by atoms with E-state index in [9.17, 15) is 9.50 Å². The van der Waals surface area contributed by atoms with Crippen LogP contribution in [0, 0.1) is 5.82 Å². The highest BCUT2D eigenvalue weighted by Gasteiger charge is 2.15. The van der Waals surface area contributed by atoms with Crippen LogP contribution in [-0.4, -0.2) is 29.2 Å². The van der Waals surface area contributed by atoms with Gasteiger partial charge in [-0.2, -0.15) is 0 Å². The molecule has 0 aliphatic rings. The van der Waals surface area contributed by atoms with Gasteiger partial charge in [-0.25, -0.2) is 4.39 Å². The molecule has 3 N–H and O–H groups in total. The van der Waals surface area contributed by atoms with Crippen molar-refractivity contribution >= 4 is 0 Å². The van der Waals surface area contributed by atoms with Crippen molar-refractivity contribution < 1.29 is 9.50 Å². The zero-order valence-corrected chi connectivity index (χ0v) is 11.9. The molecule has 0 amide bonds. The van der Waals surface area contributed by atoms with E-state index < -0.39 is 0 Å². The van der Waals surface area contributed by atoms with Gasteiger partial charge in [0.2, 0.25) is 0 Å². The quantitative estimate of drug-likeness (QED) is 0.760. The lowest BCUT2D eigenvalue weighted by Crippen LogP contribution is -2.36. The fourth-order valence-electron chi connectivity index (χ4n) is 2.44. The first-order chi connectivity index (χ1) is 9.15. The molecule has 0 radical (unpaired) electrons. The highest BCUT2D eigenvalue weighted by atomic mass is 19.1. The second-order valence-corrected chi connectivity index (χ2v) is 4.79. The maximum absolute atomic E-state index is 13.4. The van der Waals surface area contributed by atoms with Crippen molar-refractivity contribution in [3.8, 4) is 0 Å². The second kappa shape index (κ2) is 8.25. The lowest BCUT2D eigenvalue weighted by atomic mass is 10.1. The molecule has 0 aliphatic carbocycles. The lowest BCUT2D eigenvalue weighted by molar-refractivity contribution is 0.136. The van der Waals surface area contributed by atoms with Gasteiger partial charge in [-0.15, -0.1) is 0 Å². The summed E-state index contributed by atoms with van der Waals surface area (Å²) in [5.74, 6) is -0.248. The average Bonchev–Trinajstić information content (AvgIpc) is 2.42. The summed E-state index contributed by atoms with van der Waals surface area (Å²) in [6.07, 6.45) is 2.09. The molecule has 19 heavy (non-hydrogen) atoms. The van der Waals surface area contributed by atoms with E-state index >= 15 is 0 Å². The zero-order chi connectivity index (χ0) is 14.3. The molecule has 0 unspecified atom stereocenters. The molecular formula is C15H25FN2O. The Morgan fingerprint density at radius 1 is 1.32 bits per heavy atom. The first-order valence-corrected chi connectivity index (χ1v) is 6.98. The minimum Gasteiger partial charge on any atom is -0.395 e. The van der Waals surface area contributed by atoms with Crippen molar-refractivity contribution in [2.75, 3.05) is 13.2 Å². The van der Waals surface area contributed by atoms with Crippen LogP contribution in [0.4, 0.5) is 4.39 Å². The molecule has 0 bridgehead atoms. The van der Waals surface area contributed by atoms with Crippen molar-refractivity contribution in [3.63, 3.8) is 0 Å². The highest BCUT2D eigenvalue weighted by Crippen LogP contribution is 2.16. The van der Waals surface area contributed by atoms with E-state index in [1.807, 2.05) is 6.07 Å². The van der Waals surface area contributed by atoms with Crippen LogP contribution in [-0.2, 0) is 13.1 Å². The molecule has 0 spiro atoms. The third kappa shape index (κ3) is 4.56.